The Morgan fingerprint density at radius 3 is 2.39 bits per heavy atom. The van der Waals surface area contributed by atoms with Crippen molar-refractivity contribution >= 4 is 22.9 Å². The second kappa shape index (κ2) is 16.4. The molecule has 2 heterocycles. The van der Waals surface area contributed by atoms with Crippen molar-refractivity contribution in [3.05, 3.63) is 141 Å². The van der Waals surface area contributed by atoms with Crippen molar-refractivity contribution in [1.29, 1.82) is 0 Å². The number of hydrogen-bond acceptors (Lipinski definition) is 7. The molecular weight excluding hydrogens is 648 g/mol. The van der Waals surface area contributed by atoms with E-state index in [0.717, 1.165) is 29.5 Å². The van der Waals surface area contributed by atoms with Crippen molar-refractivity contribution < 1.29 is 29.6 Å². The van der Waals surface area contributed by atoms with Gasteiger partial charge in [0.15, 0.2) is 0 Å². The van der Waals surface area contributed by atoms with Gasteiger partial charge in [-0.15, -0.1) is 0 Å². The molecule has 5 aromatic rings. The summed E-state index contributed by atoms with van der Waals surface area (Å²) < 4.78 is 6.15. The van der Waals surface area contributed by atoms with Gasteiger partial charge in [0, 0.05) is 36.7 Å². The summed E-state index contributed by atoms with van der Waals surface area (Å²) in [7, 11) is 0. The van der Waals surface area contributed by atoms with E-state index in [2.05, 4.69) is 15.6 Å². The summed E-state index contributed by atoms with van der Waals surface area (Å²) in [6.07, 6.45) is 0.430. The molecule has 6 rings (SSSR count). The van der Waals surface area contributed by atoms with E-state index in [0.29, 0.717) is 72.9 Å². The van der Waals surface area contributed by atoms with E-state index >= 15 is 0 Å². The van der Waals surface area contributed by atoms with Gasteiger partial charge in [0.05, 0.1) is 24.3 Å². The van der Waals surface area contributed by atoms with Gasteiger partial charge >= 0.3 is 6.09 Å². The van der Waals surface area contributed by atoms with Crippen LogP contribution in [0, 0.1) is 5.92 Å². The van der Waals surface area contributed by atoms with Gasteiger partial charge < -0.3 is 40.6 Å². The Morgan fingerprint density at radius 1 is 0.902 bits per heavy atom. The highest BCUT2D eigenvalue weighted by atomic mass is 16.5. The summed E-state index contributed by atoms with van der Waals surface area (Å²) in [6, 6.07) is 30.1. The standard InChI is InChI=1S/C40H42N4O7/c45-34-15-13-32(33-14-16-36(47)42-38(33)34)35(46)24-41-20-17-26-9-11-29(12-10-26)39(48)44-21-18-27(19-22-44)25-51-31-8-4-7-30(23-31)37(43-40(49)50)28-5-2-1-3-6-28/h1-16,23,27,35,37,41,43,45-46H,17-22,24-25H2,(H,42,47)(H,49,50)/t35?,37-/m0/s1. The minimum absolute atomic E-state index is 0.00946. The number of aromatic nitrogens is 1. The number of rotatable bonds is 13. The molecule has 1 aliphatic heterocycles. The topological polar surface area (TPSA) is 164 Å². The fourth-order valence-corrected chi connectivity index (χ4v) is 6.56. The third-order valence-corrected chi connectivity index (χ3v) is 9.37. The molecule has 0 spiro atoms. The first kappa shape index (κ1) is 35.2. The summed E-state index contributed by atoms with van der Waals surface area (Å²) in [6.45, 7) is 2.71. The zero-order valence-electron chi connectivity index (χ0n) is 28.1. The van der Waals surface area contributed by atoms with E-state index in [4.69, 9.17) is 4.74 Å². The Bertz CT molecular complexity index is 2010. The number of benzene rings is 4. The summed E-state index contributed by atoms with van der Waals surface area (Å²) in [5.41, 5.74) is 3.94. The van der Waals surface area contributed by atoms with Gasteiger partial charge in [-0.25, -0.2) is 4.79 Å². The maximum absolute atomic E-state index is 13.3. The van der Waals surface area contributed by atoms with Crippen molar-refractivity contribution in [1.82, 2.24) is 20.5 Å². The van der Waals surface area contributed by atoms with Crippen molar-refractivity contribution in [3.8, 4) is 11.5 Å². The fourth-order valence-electron chi connectivity index (χ4n) is 6.56. The van der Waals surface area contributed by atoms with Gasteiger partial charge in [-0.05, 0) is 90.4 Å². The summed E-state index contributed by atoms with van der Waals surface area (Å²) in [5, 5.41) is 36.8. The lowest BCUT2D eigenvalue weighted by atomic mass is 9.97. The van der Waals surface area contributed by atoms with Crippen LogP contribution in [-0.4, -0.2) is 70.0 Å². The predicted molar refractivity (Wildman–Crippen MR) is 194 cm³/mol. The Balaban J connectivity index is 0.940. The number of piperidine rings is 1. The SMILES string of the molecule is O=C(O)N[C@@H](c1ccccc1)c1cccc(OCC2CCN(C(=O)c3ccc(CCNCC(O)c4ccc(O)c5[nH]c(=O)ccc45)cc3)CC2)c1. The summed E-state index contributed by atoms with van der Waals surface area (Å²) >= 11 is 0. The second-order valence-corrected chi connectivity index (χ2v) is 12.9. The van der Waals surface area contributed by atoms with Crippen LogP contribution in [0.2, 0.25) is 0 Å². The maximum atomic E-state index is 13.3. The zero-order valence-corrected chi connectivity index (χ0v) is 28.1. The molecule has 2 atom stereocenters. The number of ether oxygens (including phenoxy) is 1. The van der Waals surface area contributed by atoms with Crippen molar-refractivity contribution in [2.24, 2.45) is 5.92 Å². The van der Waals surface area contributed by atoms with Gasteiger partial charge in [-0.3, -0.25) is 9.59 Å². The number of likely N-dealkylation sites (tertiary alicyclic amines) is 1. The van der Waals surface area contributed by atoms with E-state index in [9.17, 15) is 29.7 Å². The molecule has 264 valence electrons. The zero-order chi connectivity index (χ0) is 35.7. The van der Waals surface area contributed by atoms with Crippen molar-refractivity contribution in [2.45, 2.75) is 31.4 Å². The molecule has 1 unspecified atom stereocenters. The highest BCUT2D eigenvalue weighted by molar-refractivity contribution is 5.94. The highest BCUT2D eigenvalue weighted by Gasteiger charge is 2.24. The number of carbonyl (C=O) groups excluding carboxylic acids is 1. The number of carbonyl (C=O) groups is 2. The lowest BCUT2D eigenvalue weighted by Crippen LogP contribution is -2.39. The number of pyridine rings is 1. The molecule has 1 aliphatic rings. The van der Waals surface area contributed by atoms with Crippen LogP contribution in [0.3, 0.4) is 0 Å². The van der Waals surface area contributed by atoms with Crippen LogP contribution in [0.5, 0.6) is 11.5 Å². The van der Waals surface area contributed by atoms with Crippen LogP contribution >= 0.6 is 0 Å². The number of aromatic hydroxyl groups is 1. The molecule has 1 fully saturated rings. The monoisotopic (exact) mass is 690 g/mol. The van der Waals surface area contributed by atoms with Crippen LogP contribution in [0.1, 0.15) is 57.6 Å². The molecule has 6 N–H and O–H groups in total. The van der Waals surface area contributed by atoms with E-state index in [1.807, 2.05) is 83.8 Å². The van der Waals surface area contributed by atoms with Gasteiger partial charge in [-0.1, -0.05) is 60.7 Å². The number of aliphatic hydroxyl groups excluding tert-OH is 1. The summed E-state index contributed by atoms with van der Waals surface area (Å²) in [4.78, 5) is 41.0. The lowest BCUT2D eigenvalue weighted by Gasteiger charge is -2.32. The molecule has 1 saturated heterocycles. The Kier molecular flexibility index (Phi) is 11.3. The predicted octanol–water partition coefficient (Wildman–Crippen LogP) is 5.39. The average molecular weight is 691 g/mol. The number of nitrogens with zero attached hydrogens (tertiary/aromatic N) is 1. The molecular formula is C40H42N4O7. The molecule has 0 saturated carbocycles. The van der Waals surface area contributed by atoms with Crippen LogP contribution in [-0.2, 0) is 6.42 Å². The molecule has 11 nitrogen and oxygen atoms in total. The highest BCUT2D eigenvalue weighted by Crippen LogP contribution is 2.29. The minimum Gasteiger partial charge on any atom is -0.506 e. The second-order valence-electron chi connectivity index (χ2n) is 12.9. The third kappa shape index (κ3) is 8.94. The summed E-state index contributed by atoms with van der Waals surface area (Å²) in [5.74, 6) is 0.935. The number of aliphatic hydroxyl groups is 1. The van der Waals surface area contributed by atoms with Gasteiger partial charge in [0.1, 0.15) is 11.5 Å². The van der Waals surface area contributed by atoms with Crippen LogP contribution in [0.25, 0.3) is 10.9 Å². The van der Waals surface area contributed by atoms with E-state index in [1.54, 1.807) is 12.1 Å². The van der Waals surface area contributed by atoms with Crippen molar-refractivity contribution in [3.63, 3.8) is 0 Å². The first-order chi connectivity index (χ1) is 24.7. The number of amides is 2. The van der Waals surface area contributed by atoms with Gasteiger partial charge in [0.2, 0.25) is 5.56 Å². The molecule has 2 amide bonds. The normalized spacial score (nSPS) is 14.6. The Hall–Kier alpha value is -5.65. The first-order valence-corrected chi connectivity index (χ1v) is 17.1. The molecule has 11 heteroatoms. The fraction of sp³-hybridized carbons (Fsp3) is 0.275. The number of nitrogens with one attached hydrogen (secondary N) is 3. The Labute approximate surface area is 295 Å². The molecule has 0 radical (unpaired) electrons. The molecule has 0 aliphatic carbocycles. The minimum atomic E-state index is -1.10. The largest absolute Gasteiger partial charge is 0.506 e. The number of fused-ring (bicyclic) bond motifs is 1. The van der Waals surface area contributed by atoms with E-state index in [-0.39, 0.29) is 17.2 Å². The lowest BCUT2D eigenvalue weighted by molar-refractivity contribution is 0.0661. The van der Waals surface area contributed by atoms with Crippen LogP contribution in [0.4, 0.5) is 4.79 Å². The molecule has 0 bridgehead atoms. The quantitative estimate of drug-likeness (QED) is 0.0896. The van der Waals surface area contributed by atoms with E-state index < -0.39 is 18.2 Å². The van der Waals surface area contributed by atoms with Gasteiger partial charge in [-0.2, -0.15) is 0 Å². The average Bonchev–Trinajstić information content (AvgIpc) is 3.15. The smallest absolute Gasteiger partial charge is 0.405 e. The number of phenolic OH excluding ortho intramolecular Hbond substituents is 1. The molecule has 1 aromatic heterocycles. The number of phenols is 1. The number of H-pyrrole nitrogens is 1. The number of aromatic amines is 1. The Morgan fingerprint density at radius 2 is 1.65 bits per heavy atom. The molecule has 51 heavy (non-hydrogen) atoms. The van der Waals surface area contributed by atoms with Crippen molar-refractivity contribution in [2.75, 3.05) is 32.8 Å². The van der Waals surface area contributed by atoms with Crippen LogP contribution < -0.4 is 20.9 Å². The van der Waals surface area contributed by atoms with Crippen LogP contribution in [0.15, 0.2) is 108 Å². The third-order valence-electron chi connectivity index (χ3n) is 9.37. The van der Waals surface area contributed by atoms with Gasteiger partial charge in [0.25, 0.3) is 5.91 Å². The number of carboxylic acid groups (broad SMARTS) is 1. The maximum Gasteiger partial charge on any atom is 0.405 e. The first-order valence-electron chi connectivity index (χ1n) is 17.1. The molecule has 4 aromatic carbocycles. The van der Waals surface area contributed by atoms with E-state index in [1.165, 1.54) is 12.1 Å². The number of hydrogen-bond donors (Lipinski definition) is 6.